The summed E-state index contributed by atoms with van der Waals surface area (Å²) < 4.78 is 38.2. The fourth-order valence-corrected chi connectivity index (χ4v) is 4.03. The van der Waals surface area contributed by atoms with Gasteiger partial charge >= 0.3 is 6.61 Å². The molecule has 9 nitrogen and oxygen atoms in total. The maximum Gasteiger partial charge on any atom is 0.387 e. The van der Waals surface area contributed by atoms with Crippen LogP contribution in [0.25, 0.3) is 33.2 Å². The molecule has 0 aliphatic heterocycles. The standard InChI is InChI=1S/C24H20F2N6O3/c1-32-22(17-7-14(35-24(25)26)8-21(18(17)9-27)34-13-3-4-13)19(11-29-32)12-2-5-15-16(6-12)20(10-28)30-31-23(15)33/h2,5-8,11,13,24H,3-4,10,28H2,1H3,(H,31,33). The third-order valence-electron chi connectivity index (χ3n) is 5.80. The summed E-state index contributed by atoms with van der Waals surface area (Å²) in [6.45, 7) is -2.93. The van der Waals surface area contributed by atoms with Crippen LogP contribution >= 0.6 is 0 Å². The summed E-state index contributed by atoms with van der Waals surface area (Å²) in [6.07, 6.45) is 3.18. The molecule has 3 N–H and O–H groups in total. The Hall–Kier alpha value is -4.30. The van der Waals surface area contributed by atoms with Gasteiger partial charge in [-0.1, -0.05) is 6.07 Å². The average Bonchev–Trinajstić information content (AvgIpc) is 3.57. The zero-order valence-corrected chi connectivity index (χ0v) is 18.6. The zero-order valence-electron chi connectivity index (χ0n) is 18.6. The summed E-state index contributed by atoms with van der Waals surface area (Å²) >= 11 is 0. The monoisotopic (exact) mass is 478 g/mol. The van der Waals surface area contributed by atoms with E-state index in [1.54, 1.807) is 36.1 Å². The molecular weight excluding hydrogens is 458 g/mol. The van der Waals surface area contributed by atoms with Crippen molar-refractivity contribution in [2.45, 2.75) is 32.1 Å². The van der Waals surface area contributed by atoms with Gasteiger partial charge in [-0.15, -0.1) is 0 Å². The number of aryl methyl sites for hydroxylation is 1. The van der Waals surface area contributed by atoms with Crippen LogP contribution in [0, 0.1) is 11.3 Å². The Labute approximate surface area is 197 Å². The number of alkyl halides is 2. The average molecular weight is 478 g/mol. The third-order valence-corrected chi connectivity index (χ3v) is 5.80. The molecule has 1 fully saturated rings. The first-order chi connectivity index (χ1) is 16.9. The van der Waals surface area contributed by atoms with E-state index in [0.29, 0.717) is 38.9 Å². The molecule has 35 heavy (non-hydrogen) atoms. The Morgan fingerprint density at radius 1 is 1.26 bits per heavy atom. The van der Waals surface area contributed by atoms with Crippen molar-refractivity contribution in [1.82, 2.24) is 20.0 Å². The highest BCUT2D eigenvalue weighted by Gasteiger charge is 2.28. The molecule has 2 aromatic carbocycles. The molecular formula is C24H20F2N6O3. The molecule has 1 aliphatic rings. The fraction of sp³-hybridized carbons (Fsp3) is 0.250. The third kappa shape index (κ3) is 4.20. The van der Waals surface area contributed by atoms with Crippen molar-refractivity contribution in [3.63, 3.8) is 0 Å². The number of nitrogens with one attached hydrogen (secondary N) is 1. The van der Waals surface area contributed by atoms with E-state index in [1.165, 1.54) is 12.1 Å². The summed E-state index contributed by atoms with van der Waals surface area (Å²) in [6, 6.07) is 10.0. The van der Waals surface area contributed by atoms with E-state index in [2.05, 4.69) is 26.1 Å². The number of benzene rings is 2. The maximum atomic E-state index is 13.1. The maximum absolute atomic E-state index is 13.1. The van der Waals surface area contributed by atoms with Crippen LogP contribution in [0.1, 0.15) is 24.1 Å². The number of aromatic amines is 1. The smallest absolute Gasteiger partial charge is 0.387 e. The lowest BCUT2D eigenvalue weighted by Crippen LogP contribution is -2.13. The minimum Gasteiger partial charge on any atom is -0.489 e. The second-order valence-corrected chi connectivity index (χ2v) is 8.15. The Bertz CT molecular complexity index is 1540. The highest BCUT2D eigenvalue weighted by atomic mass is 19.3. The molecule has 1 saturated carbocycles. The summed E-state index contributed by atoms with van der Waals surface area (Å²) in [5.41, 5.74) is 8.27. The normalized spacial score (nSPS) is 13.3. The Kier molecular flexibility index (Phi) is 5.66. The molecule has 11 heteroatoms. The SMILES string of the molecule is Cn1ncc(-c2ccc3c(=O)[nH]nc(CN)c3c2)c1-c1cc(OC(F)F)cc(OC2CC2)c1C#N. The quantitative estimate of drug-likeness (QED) is 0.416. The first kappa shape index (κ1) is 22.5. The van der Waals surface area contributed by atoms with E-state index < -0.39 is 6.61 Å². The zero-order chi connectivity index (χ0) is 24.7. The van der Waals surface area contributed by atoms with Crippen LogP contribution in [0.3, 0.4) is 0 Å². The van der Waals surface area contributed by atoms with Crippen molar-refractivity contribution in [2.75, 3.05) is 0 Å². The van der Waals surface area contributed by atoms with Gasteiger partial charge in [0.15, 0.2) is 0 Å². The van der Waals surface area contributed by atoms with E-state index in [1.807, 2.05) is 0 Å². The number of nitriles is 1. The molecule has 2 heterocycles. The largest absolute Gasteiger partial charge is 0.489 e. The van der Waals surface area contributed by atoms with E-state index in [4.69, 9.17) is 10.5 Å². The van der Waals surface area contributed by atoms with E-state index >= 15 is 0 Å². The van der Waals surface area contributed by atoms with Gasteiger partial charge in [-0.3, -0.25) is 9.48 Å². The number of H-pyrrole nitrogens is 1. The molecule has 0 atom stereocenters. The molecule has 2 aromatic heterocycles. The van der Waals surface area contributed by atoms with Crippen LogP contribution < -0.4 is 20.8 Å². The molecule has 4 aromatic rings. The lowest BCUT2D eigenvalue weighted by Gasteiger charge is -2.16. The van der Waals surface area contributed by atoms with Crippen molar-refractivity contribution < 1.29 is 18.3 Å². The van der Waals surface area contributed by atoms with Crippen molar-refractivity contribution in [3.8, 4) is 40.0 Å². The number of rotatable bonds is 7. The van der Waals surface area contributed by atoms with Crippen LogP contribution in [-0.2, 0) is 13.6 Å². The van der Waals surface area contributed by atoms with Crippen LogP contribution in [0.5, 0.6) is 11.5 Å². The fourth-order valence-electron chi connectivity index (χ4n) is 4.03. The van der Waals surface area contributed by atoms with Crippen LogP contribution in [0.2, 0.25) is 0 Å². The minimum absolute atomic E-state index is 0.0662. The highest BCUT2D eigenvalue weighted by Crippen LogP contribution is 2.42. The van der Waals surface area contributed by atoms with Crippen LogP contribution in [-0.4, -0.2) is 32.7 Å². The van der Waals surface area contributed by atoms with Crippen molar-refractivity contribution in [3.05, 3.63) is 58.1 Å². The van der Waals surface area contributed by atoms with Gasteiger partial charge in [-0.05, 0) is 36.6 Å². The second-order valence-electron chi connectivity index (χ2n) is 8.15. The lowest BCUT2D eigenvalue weighted by atomic mass is 9.95. The first-order valence-electron chi connectivity index (χ1n) is 10.8. The molecule has 0 spiro atoms. The lowest BCUT2D eigenvalue weighted by molar-refractivity contribution is -0.0499. The predicted octanol–water partition coefficient (Wildman–Crippen LogP) is 3.46. The molecule has 1 aliphatic carbocycles. The number of hydrogen-bond acceptors (Lipinski definition) is 7. The highest BCUT2D eigenvalue weighted by molar-refractivity contribution is 5.92. The number of nitrogens with zero attached hydrogens (tertiary/aromatic N) is 4. The summed E-state index contributed by atoms with van der Waals surface area (Å²) in [5, 5.41) is 21.8. The van der Waals surface area contributed by atoms with E-state index in [-0.39, 0.29) is 35.3 Å². The van der Waals surface area contributed by atoms with Gasteiger partial charge in [0, 0.05) is 36.2 Å². The second kappa shape index (κ2) is 8.81. The number of fused-ring (bicyclic) bond motifs is 1. The Morgan fingerprint density at radius 2 is 2.06 bits per heavy atom. The summed E-state index contributed by atoms with van der Waals surface area (Å²) in [4.78, 5) is 12.2. The summed E-state index contributed by atoms with van der Waals surface area (Å²) in [7, 11) is 1.68. The van der Waals surface area contributed by atoms with Crippen LogP contribution in [0.4, 0.5) is 8.78 Å². The number of hydrogen-bond donors (Lipinski definition) is 2. The molecule has 0 saturated heterocycles. The van der Waals surface area contributed by atoms with Gasteiger partial charge in [0.2, 0.25) is 0 Å². The minimum atomic E-state index is -3.05. The van der Waals surface area contributed by atoms with Gasteiger partial charge in [-0.2, -0.15) is 24.2 Å². The van der Waals surface area contributed by atoms with Gasteiger partial charge in [-0.25, -0.2) is 5.10 Å². The van der Waals surface area contributed by atoms with Gasteiger partial charge < -0.3 is 15.2 Å². The topological polar surface area (TPSA) is 132 Å². The van der Waals surface area contributed by atoms with Crippen molar-refractivity contribution in [1.29, 1.82) is 5.26 Å². The first-order valence-corrected chi connectivity index (χ1v) is 10.8. The predicted molar refractivity (Wildman–Crippen MR) is 123 cm³/mol. The number of aromatic nitrogens is 4. The number of ether oxygens (including phenoxy) is 2. The molecule has 0 amide bonds. The van der Waals surface area contributed by atoms with E-state index in [9.17, 15) is 18.8 Å². The molecule has 178 valence electrons. The Morgan fingerprint density at radius 3 is 2.74 bits per heavy atom. The Balaban J connectivity index is 1.73. The summed E-state index contributed by atoms with van der Waals surface area (Å²) in [5.74, 6) is 0.0476. The van der Waals surface area contributed by atoms with Gasteiger partial charge in [0.25, 0.3) is 5.56 Å². The molecule has 0 unspecified atom stereocenters. The molecule has 0 bridgehead atoms. The number of nitrogens with two attached hydrogens (primary N) is 1. The van der Waals surface area contributed by atoms with Gasteiger partial charge in [0.1, 0.15) is 23.1 Å². The van der Waals surface area contributed by atoms with Gasteiger partial charge in [0.05, 0.1) is 29.1 Å². The number of halogens is 2. The molecule has 5 rings (SSSR count). The van der Waals surface area contributed by atoms with Crippen LogP contribution in [0.15, 0.2) is 41.3 Å². The van der Waals surface area contributed by atoms with Crippen molar-refractivity contribution in [2.24, 2.45) is 12.8 Å². The van der Waals surface area contributed by atoms with Crippen molar-refractivity contribution >= 4 is 10.8 Å². The molecule has 0 radical (unpaired) electrons. The van der Waals surface area contributed by atoms with E-state index in [0.717, 1.165) is 12.8 Å².